The molecule has 30 heavy (non-hydrogen) atoms. The summed E-state index contributed by atoms with van der Waals surface area (Å²) in [4.78, 5) is 25.9. The maximum absolute atomic E-state index is 13.1. The van der Waals surface area contributed by atoms with Gasteiger partial charge in [0.15, 0.2) is 0 Å². The van der Waals surface area contributed by atoms with Gasteiger partial charge >= 0.3 is 0 Å². The maximum atomic E-state index is 13.1. The first kappa shape index (κ1) is 21.4. The molecule has 2 aromatic carbocycles. The molecule has 2 unspecified atom stereocenters. The molecule has 0 bridgehead atoms. The quantitative estimate of drug-likeness (QED) is 0.610. The van der Waals surface area contributed by atoms with Crippen molar-refractivity contribution < 1.29 is 4.79 Å². The smallest absolute Gasteiger partial charge is 0.295 e. The van der Waals surface area contributed by atoms with E-state index < -0.39 is 6.04 Å². The average Bonchev–Trinajstić information content (AvgIpc) is 2.97. The monoisotopic (exact) mass is 406 g/mol. The van der Waals surface area contributed by atoms with E-state index in [1.165, 1.54) is 0 Å². The molecule has 0 fully saturated rings. The summed E-state index contributed by atoms with van der Waals surface area (Å²) in [6, 6.07) is 16.7. The van der Waals surface area contributed by atoms with E-state index in [0.29, 0.717) is 11.6 Å². The molecule has 0 spiro atoms. The Morgan fingerprint density at radius 2 is 1.67 bits per heavy atom. The van der Waals surface area contributed by atoms with Crippen molar-refractivity contribution in [2.45, 2.75) is 46.1 Å². The van der Waals surface area contributed by atoms with Gasteiger partial charge in [0, 0.05) is 12.7 Å². The summed E-state index contributed by atoms with van der Waals surface area (Å²) in [7, 11) is 1.84. The van der Waals surface area contributed by atoms with Gasteiger partial charge in [0.2, 0.25) is 5.91 Å². The first-order chi connectivity index (χ1) is 14.3. The third-order valence-electron chi connectivity index (χ3n) is 5.67. The van der Waals surface area contributed by atoms with Crippen molar-refractivity contribution in [3.63, 3.8) is 0 Å². The Kier molecular flexibility index (Phi) is 6.45. The number of nitrogens with one attached hydrogen (secondary N) is 2. The third kappa shape index (κ3) is 4.17. The number of amides is 1. The second kappa shape index (κ2) is 9.03. The summed E-state index contributed by atoms with van der Waals surface area (Å²) in [5.74, 6) is 0.166. The van der Waals surface area contributed by atoms with Crippen LogP contribution in [0, 0.1) is 6.92 Å². The average molecular weight is 407 g/mol. The predicted octanol–water partition coefficient (Wildman–Crippen LogP) is 4.44. The van der Waals surface area contributed by atoms with Crippen molar-refractivity contribution in [3.8, 4) is 5.69 Å². The van der Waals surface area contributed by atoms with Crippen LogP contribution in [0.1, 0.15) is 44.4 Å². The van der Waals surface area contributed by atoms with Crippen LogP contribution >= 0.6 is 0 Å². The van der Waals surface area contributed by atoms with Gasteiger partial charge in [0.1, 0.15) is 11.7 Å². The number of hydrogen-bond donors (Lipinski definition) is 2. The van der Waals surface area contributed by atoms with Crippen LogP contribution in [0.25, 0.3) is 5.69 Å². The van der Waals surface area contributed by atoms with E-state index in [0.717, 1.165) is 29.1 Å². The Bertz CT molecular complexity index is 1080. The molecule has 0 saturated carbocycles. The molecule has 3 rings (SSSR count). The molecule has 0 aliphatic heterocycles. The van der Waals surface area contributed by atoms with Crippen LogP contribution in [0.4, 0.5) is 11.4 Å². The van der Waals surface area contributed by atoms with Gasteiger partial charge in [-0.2, -0.15) is 0 Å². The highest BCUT2D eigenvalue weighted by Crippen LogP contribution is 2.26. The highest BCUT2D eigenvalue weighted by atomic mass is 16.2. The van der Waals surface area contributed by atoms with Crippen LogP contribution in [0.5, 0.6) is 0 Å². The van der Waals surface area contributed by atoms with Crippen molar-refractivity contribution in [1.29, 1.82) is 0 Å². The molecule has 3 aromatic rings. The molecule has 2 atom stereocenters. The van der Waals surface area contributed by atoms with Crippen molar-refractivity contribution in [2.24, 2.45) is 7.05 Å². The minimum Gasteiger partial charge on any atom is -0.368 e. The summed E-state index contributed by atoms with van der Waals surface area (Å²) in [5.41, 5.74) is 3.73. The van der Waals surface area contributed by atoms with E-state index in [4.69, 9.17) is 0 Å². The van der Waals surface area contributed by atoms with E-state index in [9.17, 15) is 9.59 Å². The van der Waals surface area contributed by atoms with Gasteiger partial charge in [-0.25, -0.2) is 4.68 Å². The van der Waals surface area contributed by atoms with Crippen LogP contribution in [0.3, 0.4) is 0 Å². The molecule has 2 N–H and O–H groups in total. The number of aromatic nitrogens is 2. The molecule has 1 amide bonds. The summed E-state index contributed by atoms with van der Waals surface area (Å²) in [6.45, 7) is 7.90. The Balaban J connectivity index is 1.83. The largest absolute Gasteiger partial charge is 0.368 e. The molecule has 1 heterocycles. The summed E-state index contributed by atoms with van der Waals surface area (Å²) in [5, 5.41) is 6.15. The molecule has 6 heteroatoms. The number of anilines is 2. The number of rotatable bonds is 7. The molecule has 1 aromatic heterocycles. The topological polar surface area (TPSA) is 68.1 Å². The number of nitrogens with zero attached hydrogens (tertiary/aromatic N) is 2. The molecule has 0 saturated heterocycles. The van der Waals surface area contributed by atoms with Gasteiger partial charge in [-0.05, 0) is 49.9 Å². The van der Waals surface area contributed by atoms with Crippen LogP contribution < -0.4 is 16.2 Å². The minimum absolute atomic E-state index is 0.180. The standard InChI is InChI=1S/C24H30N4O2/c1-6-16(2)20-14-10-11-15-21(20)26-23(29)17(3)25-22-18(4)27(5)28(24(22)30)19-12-8-7-9-13-19/h7-17,25H,6H2,1-5H3,(H,26,29). The van der Waals surface area contributed by atoms with E-state index in [1.54, 1.807) is 16.3 Å². The van der Waals surface area contributed by atoms with Gasteiger partial charge < -0.3 is 10.6 Å². The zero-order valence-corrected chi connectivity index (χ0v) is 18.3. The molecule has 0 aliphatic rings. The van der Waals surface area contributed by atoms with Gasteiger partial charge in [-0.15, -0.1) is 0 Å². The molecular weight excluding hydrogens is 376 g/mol. The van der Waals surface area contributed by atoms with Crippen LogP contribution in [0.2, 0.25) is 0 Å². The second-order valence-corrected chi connectivity index (χ2v) is 7.69. The lowest BCUT2D eigenvalue weighted by Crippen LogP contribution is -2.34. The number of hydrogen-bond acceptors (Lipinski definition) is 3. The Labute approximate surface area is 177 Å². The van der Waals surface area contributed by atoms with Crippen molar-refractivity contribution in [1.82, 2.24) is 9.36 Å². The first-order valence-corrected chi connectivity index (χ1v) is 10.4. The van der Waals surface area contributed by atoms with E-state index in [-0.39, 0.29) is 11.5 Å². The van der Waals surface area contributed by atoms with Crippen molar-refractivity contribution in [3.05, 3.63) is 76.2 Å². The van der Waals surface area contributed by atoms with Crippen LogP contribution in [-0.4, -0.2) is 21.3 Å². The predicted molar refractivity (Wildman–Crippen MR) is 123 cm³/mol. The Morgan fingerprint density at radius 1 is 1.03 bits per heavy atom. The fourth-order valence-corrected chi connectivity index (χ4v) is 3.52. The van der Waals surface area contributed by atoms with Crippen molar-refractivity contribution in [2.75, 3.05) is 10.6 Å². The van der Waals surface area contributed by atoms with E-state index in [1.807, 2.05) is 68.6 Å². The van der Waals surface area contributed by atoms with E-state index in [2.05, 4.69) is 24.5 Å². The maximum Gasteiger partial charge on any atom is 0.295 e. The number of para-hydroxylation sites is 2. The molecule has 6 nitrogen and oxygen atoms in total. The number of carbonyl (C=O) groups excluding carboxylic acids is 1. The second-order valence-electron chi connectivity index (χ2n) is 7.69. The summed E-state index contributed by atoms with van der Waals surface area (Å²) >= 11 is 0. The van der Waals surface area contributed by atoms with Gasteiger partial charge in [0.25, 0.3) is 5.56 Å². The summed E-state index contributed by atoms with van der Waals surface area (Å²) < 4.78 is 3.39. The molecule has 0 aliphatic carbocycles. The third-order valence-corrected chi connectivity index (χ3v) is 5.67. The molecule has 158 valence electrons. The first-order valence-electron chi connectivity index (χ1n) is 10.4. The van der Waals surface area contributed by atoms with E-state index >= 15 is 0 Å². The summed E-state index contributed by atoms with van der Waals surface area (Å²) in [6.07, 6.45) is 0.989. The fraction of sp³-hybridized carbons (Fsp3) is 0.333. The molecular formula is C24H30N4O2. The lowest BCUT2D eigenvalue weighted by Gasteiger charge is -2.18. The Hall–Kier alpha value is -3.28. The number of benzene rings is 2. The zero-order valence-electron chi connectivity index (χ0n) is 18.3. The Morgan fingerprint density at radius 3 is 2.33 bits per heavy atom. The van der Waals surface area contributed by atoms with Gasteiger partial charge in [0.05, 0.1) is 11.4 Å². The number of carbonyl (C=O) groups is 1. The van der Waals surface area contributed by atoms with Crippen LogP contribution in [0.15, 0.2) is 59.4 Å². The zero-order chi connectivity index (χ0) is 21.8. The lowest BCUT2D eigenvalue weighted by atomic mass is 9.97. The lowest BCUT2D eigenvalue weighted by molar-refractivity contribution is -0.116. The fourth-order valence-electron chi connectivity index (χ4n) is 3.52. The minimum atomic E-state index is -0.576. The highest BCUT2D eigenvalue weighted by Gasteiger charge is 2.21. The molecule has 0 radical (unpaired) electrons. The normalized spacial score (nSPS) is 13.0. The van der Waals surface area contributed by atoms with Crippen LogP contribution in [-0.2, 0) is 11.8 Å². The SMILES string of the molecule is CCC(C)c1ccccc1NC(=O)C(C)Nc1c(C)n(C)n(-c2ccccc2)c1=O. The highest BCUT2D eigenvalue weighted by molar-refractivity contribution is 5.97. The van der Waals surface area contributed by atoms with Gasteiger partial charge in [-0.1, -0.05) is 50.2 Å². The van der Waals surface area contributed by atoms with Crippen molar-refractivity contribution >= 4 is 17.3 Å². The van der Waals surface area contributed by atoms with Gasteiger partial charge in [-0.3, -0.25) is 14.3 Å².